The van der Waals surface area contributed by atoms with E-state index < -0.39 is 6.10 Å². The van der Waals surface area contributed by atoms with Crippen molar-refractivity contribution >= 4 is 11.6 Å². The summed E-state index contributed by atoms with van der Waals surface area (Å²) in [4.78, 5) is 0. The molecule has 0 radical (unpaired) electrons. The Hall–Kier alpha value is -1.32. The number of aromatic nitrogens is 2. The average Bonchev–Trinajstić information content (AvgIpc) is 2.81. The van der Waals surface area contributed by atoms with Crippen LogP contribution >= 0.6 is 11.6 Å². The van der Waals surface area contributed by atoms with Crippen LogP contribution in [-0.4, -0.2) is 14.9 Å². The van der Waals surface area contributed by atoms with Crippen molar-refractivity contribution in [1.82, 2.24) is 9.78 Å². The van der Waals surface area contributed by atoms with Crippen LogP contribution < -0.4 is 0 Å². The summed E-state index contributed by atoms with van der Waals surface area (Å²) >= 11 is 6.08. The summed E-state index contributed by atoms with van der Waals surface area (Å²) in [7, 11) is 0. The maximum Gasteiger partial charge on any atom is 0.0861 e. The second kappa shape index (κ2) is 6.03. The highest BCUT2D eigenvalue weighted by molar-refractivity contribution is 6.31. The van der Waals surface area contributed by atoms with Gasteiger partial charge >= 0.3 is 0 Å². The Morgan fingerprint density at radius 1 is 1.39 bits per heavy atom. The maximum absolute atomic E-state index is 10.2. The highest BCUT2D eigenvalue weighted by Crippen LogP contribution is 2.23. The number of hydrogen-bond donors (Lipinski definition) is 1. The van der Waals surface area contributed by atoms with Gasteiger partial charge in [0.05, 0.1) is 12.3 Å². The van der Waals surface area contributed by atoms with Crippen molar-refractivity contribution in [2.75, 3.05) is 0 Å². The molecule has 3 nitrogen and oxygen atoms in total. The van der Waals surface area contributed by atoms with Gasteiger partial charge in [-0.3, -0.25) is 4.68 Å². The molecule has 0 spiro atoms. The van der Waals surface area contributed by atoms with Gasteiger partial charge in [-0.05, 0) is 18.1 Å². The fourth-order valence-electron chi connectivity index (χ4n) is 1.89. The first-order valence-electron chi connectivity index (χ1n) is 6.14. The average molecular weight is 265 g/mol. The molecule has 1 aromatic heterocycles. The van der Waals surface area contributed by atoms with Crippen LogP contribution in [0.15, 0.2) is 36.7 Å². The molecule has 2 rings (SSSR count). The summed E-state index contributed by atoms with van der Waals surface area (Å²) in [5, 5.41) is 15.1. The van der Waals surface area contributed by atoms with Gasteiger partial charge in [0.2, 0.25) is 0 Å². The first-order chi connectivity index (χ1) is 8.70. The Balaban J connectivity index is 2.07. The predicted molar refractivity (Wildman–Crippen MR) is 72.6 cm³/mol. The normalized spacial score (nSPS) is 12.6. The van der Waals surface area contributed by atoms with Gasteiger partial charge in [-0.25, -0.2) is 0 Å². The van der Waals surface area contributed by atoms with E-state index in [0.717, 1.165) is 24.1 Å². The van der Waals surface area contributed by atoms with E-state index in [1.807, 2.05) is 35.1 Å². The Morgan fingerprint density at radius 3 is 2.89 bits per heavy atom. The van der Waals surface area contributed by atoms with Gasteiger partial charge in [-0.2, -0.15) is 5.10 Å². The van der Waals surface area contributed by atoms with Crippen LogP contribution in [0, 0.1) is 0 Å². The number of halogens is 1. The summed E-state index contributed by atoms with van der Waals surface area (Å²) < 4.78 is 1.85. The van der Waals surface area contributed by atoms with Gasteiger partial charge in [-0.1, -0.05) is 36.7 Å². The van der Waals surface area contributed by atoms with Crippen LogP contribution in [0.1, 0.15) is 30.6 Å². The van der Waals surface area contributed by atoms with Crippen molar-refractivity contribution in [2.45, 2.75) is 32.4 Å². The van der Waals surface area contributed by atoms with E-state index in [9.17, 15) is 5.11 Å². The Labute approximate surface area is 112 Å². The van der Waals surface area contributed by atoms with Crippen molar-refractivity contribution in [3.05, 3.63) is 52.8 Å². The number of aliphatic hydroxyl groups excluding tert-OH is 1. The summed E-state index contributed by atoms with van der Waals surface area (Å²) in [5.74, 6) is 0. The summed E-state index contributed by atoms with van der Waals surface area (Å²) in [5.41, 5.74) is 1.79. The van der Waals surface area contributed by atoms with Gasteiger partial charge in [0, 0.05) is 29.7 Å². The lowest BCUT2D eigenvalue weighted by atomic mass is 10.0. The highest BCUT2D eigenvalue weighted by atomic mass is 35.5. The van der Waals surface area contributed by atoms with Gasteiger partial charge < -0.3 is 5.11 Å². The Bertz CT molecular complexity index is 510. The van der Waals surface area contributed by atoms with Crippen LogP contribution in [0.4, 0.5) is 0 Å². The lowest BCUT2D eigenvalue weighted by Crippen LogP contribution is -2.01. The second-order valence-corrected chi connectivity index (χ2v) is 4.76. The molecule has 96 valence electrons. The van der Waals surface area contributed by atoms with Gasteiger partial charge in [-0.15, -0.1) is 0 Å². The molecule has 1 atom stereocenters. The van der Waals surface area contributed by atoms with Gasteiger partial charge in [0.1, 0.15) is 0 Å². The van der Waals surface area contributed by atoms with Crippen molar-refractivity contribution in [3.8, 4) is 0 Å². The van der Waals surface area contributed by atoms with Crippen LogP contribution in [0.5, 0.6) is 0 Å². The number of benzene rings is 1. The molecule has 0 aliphatic carbocycles. The van der Waals surface area contributed by atoms with E-state index in [0.29, 0.717) is 11.4 Å². The zero-order chi connectivity index (χ0) is 13.0. The third-order valence-electron chi connectivity index (χ3n) is 2.86. The van der Waals surface area contributed by atoms with Crippen molar-refractivity contribution < 1.29 is 5.11 Å². The molecule has 4 heteroatoms. The SMILES string of the molecule is CCCn1cc(C(O)Cc2ccccc2Cl)cn1. The van der Waals surface area contributed by atoms with E-state index in [1.165, 1.54) is 0 Å². The fraction of sp³-hybridized carbons (Fsp3) is 0.357. The molecule has 0 saturated heterocycles. The van der Waals surface area contributed by atoms with E-state index in [-0.39, 0.29) is 0 Å². The molecule has 1 heterocycles. The first kappa shape index (κ1) is 13.1. The molecular formula is C14H17ClN2O. The van der Waals surface area contributed by atoms with Crippen molar-refractivity contribution in [2.24, 2.45) is 0 Å². The molecule has 0 saturated carbocycles. The number of aliphatic hydroxyl groups is 1. The zero-order valence-corrected chi connectivity index (χ0v) is 11.1. The molecule has 0 aliphatic heterocycles. The minimum absolute atomic E-state index is 0.511. The molecule has 18 heavy (non-hydrogen) atoms. The van der Waals surface area contributed by atoms with E-state index in [4.69, 9.17) is 11.6 Å². The molecular weight excluding hydrogens is 248 g/mol. The zero-order valence-electron chi connectivity index (χ0n) is 10.4. The molecule has 1 unspecified atom stereocenters. The summed E-state index contributed by atoms with van der Waals surface area (Å²) in [6, 6.07) is 7.58. The molecule has 0 aliphatic rings. The lowest BCUT2D eigenvalue weighted by Gasteiger charge is -2.09. The minimum Gasteiger partial charge on any atom is -0.388 e. The van der Waals surface area contributed by atoms with Gasteiger partial charge in [0.25, 0.3) is 0 Å². The molecule has 1 N–H and O–H groups in total. The topological polar surface area (TPSA) is 38.0 Å². The van der Waals surface area contributed by atoms with Crippen molar-refractivity contribution in [3.63, 3.8) is 0 Å². The first-order valence-corrected chi connectivity index (χ1v) is 6.52. The van der Waals surface area contributed by atoms with Crippen molar-refractivity contribution in [1.29, 1.82) is 0 Å². The van der Waals surface area contributed by atoms with Crippen LogP contribution in [0.2, 0.25) is 5.02 Å². The largest absolute Gasteiger partial charge is 0.388 e. The minimum atomic E-state index is -0.560. The third kappa shape index (κ3) is 3.12. The van der Waals surface area contributed by atoms with Crippen LogP contribution in [-0.2, 0) is 13.0 Å². The number of rotatable bonds is 5. The van der Waals surface area contributed by atoms with Crippen LogP contribution in [0.25, 0.3) is 0 Å². The highest BCUT2D eigenvalue weighted by Gasteiger charge is 2.12. The Morgan fingerprint density at radius 2 is 2.17 bits per heavy atom. The quantitative estimate of drug-likeness (QED) is 0.900. The lowest BCUT2D eigenvalue weighted by molar-refractivity contribution is 0.178. The number of aryl methyl sites for hydroxylation is 1. The van der Waals surface area contributed by atoms with Gasteiger partial charge in [0.15, 0.2) is 0 Å². The number of hydrogen-bond acceptors (Lipinski definition) is 2. The molecule has 0 bridgehead atoms. The smallest absolute Gasteiger partial charge is 0.0861 e. The van der Waals surface area contributed by atoms with E-state index >= 15 is 0 Å². The number of nitrogens with zero attached hydrogens (tertiary/aromatic N) is 2. The monoisotopic (exact) mass is 264 g/mol. The molecule has 0 amide bonds. The predicted octanol–water partition coefficient (Wildman–Crippen LogP) is 3.22. The standard InChI is InChI=1S/C14H17ClN2O/c1-2-7-17-10-12(9-16-17)14(18)8-11-5-3-4-6-13(11)15/h3-6,9-10,14,18H,2,7-8H2,1H3. The summed E-state index contributed by atoms with van der Waals surface area (Å²) in [6.45, 7) is 2.97. The fourth-order valence-corrected chi connectivity index (χ4v) is 2.11. The van der Waals surface area contributed by atoms with Crippen LogP contribution in [0.3, 0.4) is 0 Å². The molecule has 2 aromatic rings. The van der Waals surface area contributed by atoms with E-state index in [2.05, 4.69) is 12.0 Å². The molecule has 0 fully saturated rings. The molecule has 1 aromatic carbocycles. The second-order valence-electron chi connectivity index (χ2n) is 4.35. The van der Waals surface area contributed by atoms with E-state index in [1.54, 1.807) is 6.20 Å². The Kier molecular flexibility index (Phi) is 4.39. The summed E-state index contributed by atoms with van der Waals surface area (Å²) in [6.07, 6.45) is 4.59. The maximum atomic E-state index is 10.2. The third-order valence-corrected chi connectivity index (χ3v) is 3.23.